The lowest BCUT2D eigenvalue weighted by Crippen LogP contribution is -2.45. The minimum atomic E-state index is 0.455. The second-order valence-electron chi connectivity index (χ2n) is 12.8. The molecule has 0 aromatic rings. The molecule has 4 rings (SSSR count). The van der Waals surface area contributed by atoms with Gasteiger partial charge in [0.25, 0.3) is 0 Å². The third-order valence-corrected chi connectivity index (χ3v) is 10.4. The summed E-state index contributed by atoms with van der Waals surface area (Å²) in [5.41, 5.74) is 9.33. The van der Waals surface area contributed by atoms with Crippen LogP contribution < -0.4 is 5.73 Å². The summed E-state index contributed by atoms with van der Waals surface area (Å²) in [5, 5.41) is 0. The van der Waals surface area contributed by atoms with Crippen molar-refractivity contribution in [3.63, 3.8) is 0 Å². The van der Waals surface area contributed by atoms with Crippen LogP contribution in [-0.4, -0.2) is 6.54 Å². The number of nitrogens with two attached hydrogens (primary N) is 1. The monoisotopic (exact) mass is 385 g/mol. The molecule has 7 atom stereocenters. The molecule has 7 unspecified atom stereocenters. The lowest BCUT2D eigenvalue weighted by Gasteiger charge is -2.54. The number of rotatable bonds is 7. The summed E-state index contributed by atoms with van der Waals surface area (Å²) >= 11 is 0. The summed E-state index contributed by atoms with van der Waals surface area (Å²) in [6.07, 6.45) is 15.4. The molecule has 0 radical (unpaired) electrons. The lowest BCUT2D eigenvalue weighted by molar-refractivity contribution is 0.00216. The Labute approximate surface area is 175 Å². The van der Waals surface area contributed by atoms with Crippen molar-refractivity contribution in [2.24, 2.45) is 57.5 Å². The molecule has 3 saturated carbocycles. The molecular formula is C27H47N. The van der Waals surface area contributed by atoms with Crippen molar-refractivity contribution in [2.75, 3.05) is 6.54 Å². The van der Waals surface area contributed by atoms with Crippen LogP contribution in [0, 0.1) is 51.8 Å². The van der Waals surface area contributed by atoms with Gasteiger partial charge in [0.2, 0.25) is 0 Å². The Morgan fingerprint density at radius 2 is 1.79 bits per heavy atom. The fraction of sp³-hybridized carbons (Fsp3) is 0.926. The van der Waals surface area contributed by atoms with Gasteiger partial charge in [-0.25, -0.2) is 0 Å². The molecule has 0 aliphatic heterocycles. The predicted molar refractivity (Wildman–Crippen MR) is 121 cm³/mol. The van der Waals surface area contributed by atoms with E-state index in [0.717, 1.165) is 42.1 Å². The van der Waals surface area contributed by atoms with E-state index in [2.05, 4.69) is 47.6 Å². The van der Waals surface area contributed by atoms with Gasteiger partial charge in [0.15, 0.2) is 0 Å². The van der Waals surface area contributed by atoms with Crippen molar-refractivity contribution in [1.82, 2.24) is 0 Å². The van der Waals surface area contributed by atoms with Gasteiger partial charge in [-0.3, -0.25) is 0 Å². The molecule has 0 amide bonds. The van der Waals surface area contributed by atoms with E-state index >= 15 is 0 Å². The molecule has 0 heterocycles. The number of hydrogen-bond acceptors (Lipinski definition) is 1. The smallest absolute Gasteiger partial charge is 0.00771 e. The molecule has 4 aliphatic carbocycles. The van der Waals surface area contributed by atoms with Gasteiger partial charge in [0.1, 0.15) is 0 Å². The quantitative estimate of drug-likeness (QED) is 0.460. The van der Waals surface area contributed by atoms with Crippen molar-refractivity contribution < 1.29 is 0 Å². The van der Waals surface area contributed by atoms with Gasteiger partial charge in [0.05, 0.1) is 0 Å². The highest BCUT2D eigenvalue weighted by Gasteiger charge is 2.65. The zero-order valence-corrected chi connectivity index (χ0v) is 19.7. The van der Waals surface area contributed by atoms with Crippen molar-refractivity contribution >= 4 is 0 Å². The first-order valence-corrected chi connectivity index (χ1v) is 12.5. The maximum absolute atomic E-state index is 5.86. The fourth-order valence-electron chi connectivity index (χ4n) is 8.37. The first kappa shape index (κ1) is 21.0. The second-order valence-corrected chi connectivity index (χ2v) is 12.8. The number of hydrogen-bond donors (Lipinski definition) is 1. The summed E-state index contributed by atoms with van der Waals surface area (Å²) in [7, 11) is 0. The Hall–Kier alpha value is -0.300. The highest BCUT2D eigenvalue weighted by atomic mass is 14.7. The number of allylic oxidation sites excluding steroid dienone is 2. The van der Waals surface area contributed by atoms with Crippen molar-refractivity contribution in [2.45, 2.75) is 99.3 Å². The van der Waals surface area contributed by atoms with Gasteiger partial charge in [-0.15, -0.1) is 0 Å². The van der Waals surface area contributed by atoms with E-state index in [1.807, 2.05) is 5.57 Å². The molecule has 2 bridgehead atoms. The number of fused-ring (bicyclic) bond motifs is 4. The fourth-order valence-corrected chi connectivity index (χ4v) is 8.37. The molecule has 0 spiro atoms. The molecule has 0 aromatic carbocycles. The van der Waals surface area contributed by atoms with E-state index in [-0.39, 0.29) is 0 Å². The van der Waals surface area contributed by atoms with E-state index in [0.29, 0.717) is 16.2 Å². The van der Waals surface area contributed by atoms with E-state index in [9.17, 15) is 0 Å². The second kappa shape index (κ2) is 7.14. The zero-order valence-electron chi connectivity index (χ0n) is 19.7. The molecule has 28 heavy (non-hydrogen) atoms. The Morgan fingerprint density at radius 1 is 1.07 bits per heavy atom. The molecule has 4 aliphatic rings. The largest absolute Gasteiger partial charge is 0.330 e. The molecular weight excluding hydrogens is 338 g/mol. The van der Waals surface area contributed by atoms with Gasteiger partial charge >= 0.3 is 0 Å². The summed E-state index contributed by atoms with van der Waals surface area (Å²) in [5.74, 6) is 5.60. The van der Waals surface area contributed by atoms with E-state index < -0.39 is 0 Å². The molecule has 0 aromatic heterocycles. The third-order valence-electron chi connectivity index (χ3n) is 10.4. The standard InChI is InChI=1S/C27H47N/c1-7-25(2,3)20-15-18-14-19(16-20)24(22-11-8-10-21(18)22)27(6)17-23(27)26(4,5)12-9-13-28/h11,18-21,23-24H,7-10,12-17,28H2,1-6H3. The van der Waals surface area contributed by atoms with Crippen LogP contribution in [0.4, 0.5) is 0 Å². The van der Waals surface area contributed by atoms with E-state index in [4.69, 9.17) is 5.73 Å². The summed E-state index contributed by atoms with van der Waals surface area (Å²) in [4.78, 5) is 0. The van der Waals surface area contributed by atoms with Crippen molar-refractivity contribution in [3.05, 3.63) is 11.6 Å². The van der Waals surface area contributed by atoms with Gasteiger partial charge in [-0.1, -0.05) is 59.6 Å². The van der Waals surface area contributed by atoms with Crippen LogP contribution in [0.5, 0.6) is 0 Å². The molecule has 1 heteroatoms. The maximum Gasteiger partial charge on any atom is -0.00771 e. The van der Waals surface area contributed by atoms with Gasteiger partial charge in [-0.05, 0) is 110 Å². The minimum Gasteiger partial charge on any atom is -0.330 e. The molecule has 1 nitrogen and oxygen atoms in total. The molecule has 0 saturated heterocycles. The van der Waals surface area contributed by atoms with Gasteiger partial charge < -0.3 is 5.73 Å². The van der Waals surface area contributed by atoms with Crippen LogP contribution in [0.15, 0.2) is 11.6 Å². The van der Waals surface area contributed by atoms with Crippen LogP contribution in [0.3, 0.4) is 0 Å². The maximum atomic E-state index is 5.86. The first-order chi connectivity index (χ1) is 13.1. The van der Waals surface area contributed by atoms with Crippen molar-refractivity contribution in [1.29, 1.82) is 0 Å². The van der Waals surface area contributed by atoms with Crippen molar-refractivity contribution in [3.8, 4) is 0 Å². The third kappa shape index (κ3) is 3.32. The Kier molecular flexibility index (Phi) is 5.34. The topological polar surface area (TPSA) is 26.0 Å². The lowest BCUT2D eigenvalue weighted by atomic mass is 9.51. The molecule has 2 N–H and O–H groups in total. The van der Waals surface area contributed by atoms with Crippen LogP contribution in [0.2, 0.25) is 0 Å². The normalized spacial score (nSPS) is 42.9. The average Bonchev–Trinajstić information content (AvgIpc) is 3.12. The first-order valence-electron chi connectivity index (χ1n) is 12.5. The molecule has 3 fully saturated rings. The Morgan fingerprint density at radius 3 is 2.46 bits per heavy atom. The van der Waals surface area contributed by atoms with Crippen LogP contribution >= 0.6 is 0 Å². The highest BCUT2D eigenvalue weighted by Crippen LogP contribution is 2.72. The molecule has 160 valence electrons. The van der Waals surface area contributed by atoms with Crippen LogP contribution in [0.25, 0.3) is 0 Å². The summed E-state index contributed by atoms with van der Waals surface area (Å²) in [6.45, 7) is 16.1. The van der Waals surface area contributed by atoms with Gasteiger partial charge in [-0.2, -0.15) is 0 Å². The van der Waals surface area contributed by atoms with Crippen LogP contribution in [0.1, 0.15) is 99.3 Å². The minimum absolute atomic E-state index is 0.455. The Bertz CT molecular complexity index is 614. The van der Waals surface area contributed by atoms with Gasteiger partial charge in [0, 0.05) is 0 Å². The van der Waals surface area contributed by atoms with E-state index in [1.165, 1.54) is 57.8 Å². The Balaban J connectivity index is 1.60. The summed E-state index contributed by atoms with van der Waals surface area (Å²) < 4.78 is 0. The zero-order chi connectivity index (χ0) is 20.3. The predicted octanol–water partition coefficient (Wildman–Crippen LogP) is 7.21. The van der Waals surface area contributed by atoms with Crippen LogP contribution in [-0.2, 0) is 0 Å². The average molecular weight is 386 g/mol. The van der Waals surface area contributed by atoms with E-state index in [1.54, 1.807) is 0 Å². The summed E-state index contributed by atoms with van der Waals surface area (Å²) in [6, 6.07) is 0. The highest BCUT2D eigenvalue weighted by molar-refractivity contribution is 5.29. The SMILES string of the molecule is CCC(C)(C)C1CC2CC(C1)C(C1(C)CC1C(C)(C)CCCN)C1=CCCC12.